The SMILES string of the molecule is c1ccc(-c2cc([Si](c3ccccc3)(c3ccccc3)c3ccc4c(c3)c3ccccc3n4-c3ccccc3)nc(-c3ccccc3)n2)cc1. The largest absolute Gasteiger partial charge is 0.309 e. The highest BCUT2D eigenvalue weighted by Gasteiger charge is 2.44. The van der Waals surface area contributed by atoms with Crippen LogP contribution in [0, 0.1) is 0 Å². The van der Waals surface area contributed by atoms with E-state index in [0.717, 1.165) is 33.6 Å². The topological polar surface area (TPSA) is 30.7 Å². The van der Waals surface area contributed by atoms with Crippen molar-refractivity contribution in [2.24, 2.45) is 0 Å². The molecule has 0 N–H and O–H groups in total. The van der Waals surface area contributed by atoms with Gasteiger partial charge in [0.25, 0.3) is 0 Å². The van der Waals surface area contributed by atoms with Crippen molar-refractivity contribution in [2.45, 2.75) is 0 Å². The summed E-state index contributed by atoms with van der Waals surface area (Å²) in [6.07, 6.45) is 0. The monoisotopic (exact) mass is 655 g/mol. The van der Waals surface area contributed by atoms with Crippen LogP contribution in [0.15, 0.2) is 200 Å². The summed E-state index contributed by atoms with van der Waals surface area (Å²) in [5.74, 6) is 0.729. The van der Waals surface area contributed by atoms with Crippen LogP contribution in [-0.2, 0) is 0 Å². The zero-order chi connectivity index (χ0) is 33.3. The molecule has 0 amide bonds. The summed E-state index contributed by atoms with van der Waals surface area (Å²) in [4.78, 5) is 10.8. The van der Waals surface area contributed by atoms with Crippen LogP contribution in [0.3, 0.4) is 0 Å². The van der Waals surface area contributed by atoms with Crippen LogP contribution in [-0.4, -0.2) is 22.6 Å². The van der Waals surface area contributed by atoms with Gasteiger partial charge in [-0.25, -0.2) is 9.97 Å². The number of fused-ring (bicyclic) bond motifs is 3. The fourth-order valence-electron chi connectivity index (χ4n) is 7.49. The maximum atomic E-state index is 5.57. The van der Waals surface area contributed by atoms with Gasteiger partial charge in [-0.1, -0.05) is 170 Å². The summed E-state index contributed by atoms with van der Waals surface area (Å²) in [5.41, 5.74) is 6.51. The highest BCUT2D eigenvalue weighted by Crippen LogP contribution is 2.32. The first-order valence-electron chi connectivity index (χ1n) is 17.0. The number of hydrogen-bond acceptors (Lipinski definition) is 2. The lowest BCUT2D eigenvalue weighted by Crippen LogP contribution is -2.75. The van der Waals surface area contributed by atoms with Gasteiger partial charge in [0, 0.05) is 32.9 Å². The summed E-state index contributed by atoms with van der Waals surface area (Å²) in [6.45, 7) is 0. The molecule has 9 aromatic rings. The summed E-state index contributed by atoms with van der Waals surface area (Å²) >= 11 is 0. The Balaban J connectivity index is 1.41. The molecule has 0 atom stereocenters. The second-order valence-corrected chi connectivity index (χ2v) is 16.3. The van der Waals surface area contributed by atoms with E-state index in [1.54, 1.807) is 0 Å². The van der Waals surface area contributed by atoms with E-state index in [2.05, 4.69) is 199 Å². The molecule has 0 bridgehead atoms. The number of para-hydroxylation sites is 2. The molecule has 50 heavy (non-hydrogen) atoms. The molecule has 2 aromatic heterocycles. The normalized spacial score (nSPS) is 11.6. The maximum absolute atomic E-state index is 5.57. The average Bonchev–Trinajstić information content (AvgIpc) is 3.54. The van der Waals surface area contributed by atoms with Crippen LogP contribution in [0.25, 0.3) is 50.1 Å². The van der Waals surface area contributed by atoms with E-state index in [-0.39, 0.29) is 0 Å². The Morgan fingerprint density at radius 3 is 1.54 bits per heavy atom. The fourth-order valence-corrected chi connectivity index (χ4v) is 12.1. The first-order chi connectivity index (χ1) is 24.8. The zero-order valence-electron chi connectivity index (χ0n) is 27.4. The van der Waals surface area contributed by atoms with Crippen LogP contribution < -0.4 is 20.9 Å². The van der Waals surface area contributed by atoms with E-state index in [1.165, 1.54) is 37.4 Å². The van der Waals surface area contributed by atoms with Crippen molar-refractivity contribution in [3.8, 4) is 28.3 Å². The lowest BCUT2D eigenvalue weighted by Gasteiger charge is -2.34. The molecule has 0 aliphatic rings. The van der Waals surface area contributed by atoms with Gasteiger partial charge >= 0.3 is 0 Å². The highest BCUT2D eigenvalue weighted by molar-refractivity contribution is 7.19. The Morgan fingerprint density at radius 1 is 0.380 bits per heavy atom. The van der Waals surface area contributed by atoms with Crippen molar-refractivity contribution in [2.75, 3.05) is 0 Å². The van der Waals surface area contributed by atoms with Crippen molar-refractivity contribution in [1.29, 1.82) is 0 Å². The zero-order valence-corrected chi connectivity index (χ0v) is 28.4. The average molecular weight is 656 g/mol. The third-order valence-corrected chi connectivity index (χ3v) is 14.3. The standard InChI is InChI=1S/C46H33N3Si/c1-6-18-34(19-7-1)42-33-45(48-46(47-42)35-20-8-2-9-21-35)50(37-24-12-4-13-25-37,38-26-14-5-15-27-38)39-30-31-44-41(32-39)40-28-16-17-29-43(40)49(44)36-22-10-3-11-23-36/h1-33H. The first kappa shape index (κ1) is 29.8. The molecule has 236 valence electrons. The Bertz CT molecular complexity index is 2470. The quantitative estimate of drug-likeness (QED) is 0.128. The summed E-state index contributed by atoms with van der Waals surface area (Å²) in [6, 6.07) is 71.7. The summed E-state index contributed by atoms with van der Waals surface area (Å²) in [5, 5.41) is 7.33. The Morgan fingerprint density at radius 2 is 0.900 bits per heavy atom. The highest BCUT2D eigenvalue weighted by atomic mass is 28.3. The van der Waals surface area contributed by atoms with E-state index in [9.17, 15) is 0 Å². The van der Waals surface area contributed by atoms with E-state index >= 15 is 0 Å². The smallest absolute Gasteiger partial charge is 0.202 e. The molecule has 0 aliphatic carbocycles. The minimum absolute atomic E-state index is 0.729. The number of aromatic nitrogens is 3. The lowest BCUT2D eigenvalue weighted by molar-refractivity contribution is 1.18. The molecule has 3 nitrogen and oxygen atoms in total. The van der Waals surface area contributed by atoms with Crippen molar-refractivity contribution in [1.82, 2.24) is 14.5 Å². The molecule has 0 fully saturated rings. The number of hydrogen-bond donors (Lipinski definition) is 0. The Kier molecular flexibility index (Phi) is 7.49. The van der Waals surface area contributed by atoms with E-state index in [4.69, 9.17) is 9.97 Å². The van der Waals surface area contributed by atoms with Crippen LogP contribution in [0.4, 0.5) is 0 Å². The van der Waals surface area contributed by atoms with E-state index in [0.29, 0.717) is 0 Å². The van der Waals surface area contributed by atoms with Crippen molar-refractivity contribution < 1.29 is 0 Å². The Labute approximate surface area is 292 Å². The van der Waals surface area contributed by atoms with Gasteiger partial charge in [-0.05, 0) is 45.9 Å². The van der Waals surface area contributed by atoms with Gasteiger partial charge in [-0.2, -0.15) is 0 Å². The number of rotatable bonds is 7. The van der Waals surface area contributed by atoms with Gasteiger partial charge in [0.1, 0.15) is 0 Å². The van der Waals surface area contributed by atoms with Crippen LogP contribution in [0.2, 0.25) is 0 Å². The molecule has 0 radical (unpaired) electrons. The molecule has 0 aliphatic heterocycles. The molecule has 0 saturated heterocycles. The van der Waals surface area contributed by atoms with Crippen LogP contribution in [0.5, 0.6) is 0 Å². The summed E-state index contributed by atoms with van der Waals surface area (Å²) < 4.78 is 2.38. The van der Waals surface area contributed by atoms with Gasteiger partial charge in [0.05, 0.1) is 16.7 Å². The van der Waals surface area contributed by atoms with Gasteiger partial charge < -0.3 is 4.57 Å². The van der Waals surface area contributed by atoms with Crippen molar-refractivity contribution in [3.05, 3.63) is 200 Å². The molecular formula is C46H33N3Si. The third kappa shape index (κ3) is 4.97. The van der Waals surface area contributed by atoms with Crippen molar-refractivity contribution in [3.63, 3.8) is 0 Å². The fraction of sp³-hybridized carbons (Fsp3) is 0. The Hall–Kier alpha value is -6.36. The molecule has 2 heterocycles. The maximum Gasteiger partial charge on any atom is 0.202 e. The van der Waals surface area contributed by atoms with Crippen LogP contribution >= 0.6 is 0 Å². The molecule has 0 saturated carbocycles. The lowest BCUT2D eigenvalue weighted by atomic mass is 10.1. The van der Waals surface area contributed by atoms with Gasteiger partial charge in [0.2, 0.25) is 8.07 Å². The third-order valence-electron chi connectivity index (χ3n) is 9.75. The number of nitrogens with zero attached hydrogens (tertiary/aromatic N) is 3. The summed E-state index contributed by atoms with van der Waals surface area (Å²) in [7, 11) is -3.06. The molecular weight excluding hydrogens is 623 g/mol. The van der Waals surface area contributed by atoms with Gasteiger partial charge in [0.15, 0.2) is 5.82 Å². The minimum atomic E-state index is -3.06. The second-order valence-electron chi connectivity index (χ2n) is 12.6. The molecule has 9 rings (SSSR count). The van der Waals surface area contributed by atoms with Crippen LogP contribution in [0.1, 0.15) is 0 Å². The van der Waals surface area contributed by atoms with Gasteiger partial charge in [-0.15, -0.1) is 0 Å². The minimum Gasteiger partial charge on any atom is -0.309 e. The second kappa shape index (κ2) is 12.6. The van der Waals surface area contributed by atoms with Gasteiger partial charge in [-0.3, -0.25) is 0 Å². The predicted octanol–water partition coefficient (Wildman–Crippen LogP) is 8.29. The number of benzene rings is 7. The molecule has 4 heteroatoms. The van der Waals surface area contributed by atoms with E-state index in [1.807, 2.05) is 6.07 Å². The van der Waals surface area contributed by atoms with Crippen molar-refractivity contribution >= 4 is 50.8 Å². The molecule has 0 spiro atoms. The predicted molar refractivity (Wildman–Crippen MR) is 211 cm³/mol. The van der Waals surface area contributed by atoms with E-state index < -0.39 is 8.07 Å². The molecule has 0 unspecified atom stereocenters. The first-order valence-corrected chi connectivity index (χ1v) is 19.0. The molecule has 7 aromatic carbocycles.